The van der Waals surface area contributed by atoms with Gasteiger partial charge in [0.1, 0.15) is 5.92 Å². The first-order valence-corrected chi connectivity index (χ1v) is 7.44. The van der Waals surface area contributed by atoms with Crippen LogP contribution in [0.15, 0.2) is 6.07 Å². The Morgan fingerprint density at radius 3 is 2.75 bits per heavy atom. The summed E-state index contributed by atoms with van der Waals surface area (Å²) in [7, 11) is 1.65. The molecule has 2 heterocycles. The van der Waals surface area contributed by atoms with E-state index in [1.165, 1.54) is 21.8 Å². The van der Waals surface area contributed by atoms with E-state index in [2.05, 4.69) is 6.92 Å². The van der Waals surface area contributed by atoms with Crippen molar-refractivity contribution >= 4 is 23.2 Å². The number of amides is 1. The number of ether oxygens (including phenoxy) is 1. The Bertz CT molecular complexity index is 525. The first-order valence-electron chi connectivity index (χ1n) is 6.62. The van der Waals surface area contributed by atoms with E-state index in [1.54, 1.807) is 7.05 Å². The minimum atomic E-state index is -0.913. The minimum Gasteiger partial charge on any atom is -0.481 e. The third-order valence-corrected chi connectivity index (χ3v) is 4.88. The lowest BCUT2D eigenvalue weighted by Gasteiger charge is -2.25. The van der Waals surface area contributed by atoms with Crippen LogP contribution in [0.2, 0.25) is 0 Å². The highest BCUT2D eigenvalue weighted by Crippen LogP contribution is 2.26. The van der Waals surface area contributed by atoms with Gasteiger partial charge in [0.15, 0.2) is 0 Å². The predicted octanol–water partition coefficient (Wildman–Crippen LogP) is 1.79. The molecule has 20 heavy (non-hydrogen) atoms. The van der Waals surface area contributed by atoms with Gasteiger partial charge in [0.05, 0.1) is 24.1 Å². The number of aryl methyl sites for hydroxylation is 2. The number of carbonyl (C=O) groups is 2. The van der Waals surface area contributed by atoms with E-state index < -0.39 is 17.9 Å². The molecule has 6 heteroatoms. The van der Waals surface area contributed by atoms with E-state index in [9.17, 15) is 9.59 Å². The molecule has 1 saturated heterocycles. The van der Waals surface area contributed by atoms with Crippen LogP contribution in [0, 0.1) is 12.8 Å². The first-order chi connectivity index (χ1) is 9.45. The van der Waals surface area contributed by atoms with Crippen LogP contribution in [0.25, 0.3) is 0 Å². The summed E-state index contributed by atoms with van der Waals surface area (Å²) in [5.74, 6) is -1.68. The van der Waals surface area contributed by atoms with Gasteiger partial charge in [0.25, 0.3) is 5.91 Å². The molecule has 0 spiro atoms. The van der Waals surface area contributed by atoms with Crippen molar-refractivity contribution in [2.24, 2.45) is 5.92 Å². The molecule has 110 valence electrons. The van der Waals surface area contributed by atoms with Crippen LogP contribution in [0.4, 0.5) is 0 Å². The van der Waals surface area contributed by atoms with Gasteiger partial charge in [-0.25, -0.2) is 0 Å². The molecule has 1 amide bonds. The topological polar surface area (TPSA) is 66.8 Å². The largest absolute Gasteiger partial charge is 0.481 e. The van der Waals surface area contributed by atoms with Gasteiger partial charge in [-0.05, 0) is 25.0 Å². The van der Waals surface area contributed by atoms with Gasteiger partial charge < -0.3 is 14.7 Å². The molecule has 2 unspecified atom stereocenters. The van der Waals surface area contributed by atoms with Crippen molar-refractivity contribution in [1.29, 1.82) is 0 Å². The van der Waals surface area contributed by atoms with Crippen LogP contribution in [0.1, 0.15) is 27.0 Å². The number of carboxylic acid groups (broad SMARTS) is 1. The van der Waals surface area contributed by atoms with Crippen molar-refractivity contribution in [1.82, 2.24) is 4.90 Å². The molecule has 1 aliphatic heterocycles. The van der Waals surface area contributed by atoms with Crippen LogP contribution in [0.3, 0.4) is 0 Å². The Hall–Kier alpha value is -1.40. The minimum absolute atomic E-state index is 0.125. The highest BCUT2D eigenvalue weighted by atomic mass is 32.1. The summed E-state index contributed by atoms with van der Waals surface area (Å²) >= 11 is 1.46. The zero-order chi connectivity index (χ0) is 14.9. The molecule has 1 aromatic rings. The maximum atomic E-state index is 12.5. The molecule has 5 nitrogen and oxygen atoms in total. The summed E-state index contributed by atoms with van der Waals surface area (Å²) in [6.07, 6.45) is 0.892. The average molecular weight is 297 g/mol. The molecule has 2 rings (SSSR count). The highest BCUT2D eigenvalue weighted by Gasteiger charge is 2.38. The number of rotatable bonds is 4. The molecule has 0 saturated carbocycles. The monoisotopic (exact) mass is 297 g/mol. The molecular formula is C14H19NO4S. The molecule has 1 aliphatic rings. The number of nitrogens with zero attached hydrogens (tertiary/aromatic N) is 1. The van der Waals surface area contributed by atoms with E-state index in [4.69, 9.17) is 9.84 Å². The third kappa shape index (κ3) is 2.71. The molecule has 1 N–H and O–H groups in total. The second kappa shape index (κ2) is 5.93. The summed E-state index contributed by atoms with van der Waals surface area (Å²) in [5, 5.41) is 9.16. The third-order valence-electron chi connectivity index (χ3n) is 3.80. The standard InChI is InChI=1S/C14H19NO4S/c1-4-9-5-12(20-8(9)2)13(16)15(3)11-7-19-6-10(11)14(17)18/h5,10-11H,4,6-7H2,1-3H3,(H,17,18). The Balaban J connectivity index is 2.17. The van der Waals surface area contributed by atoms with Gasteiger partial charge in [-0.15, -0.1) is 11.3 Å². The van der Waals surface area contributed by atoms with Crippen molar-refractivity contribution in [2.75, 3.05) is 20.3 Å². The number of carboxylic acids is 1. The van der Waals surface area contributed by atoms with Crippen molar-refractivity contribution in [3.63, 3.8) is 0 Å². The van der Waals surface area contributed by atoms with Gasteiger partial charge in [-0.1, -0.05) is 6.92 Å². The Morgan fingerprint density at radius 2 is 2.20 bits per heavy atom. The lowest BCUT2D eigenvalue weighted by atomic mass is 10.0. The fraction of sp³-hybridized carbons (Fsp3) is 0.571. The van der Waals surface area contributed by atoms with Crippen LogP contribution in [0.5, 0.6) is 0 Å². The Labute approximate surface area is 122 Å². The van der Waals surface area contributed by atoms with E-state index in [1.807, 2.05) is 13.0 Å². The second-order valence-corrected chi connectivity index (χ2v) is 6.27. The number of hydrogen-bond acceptors (Lipinski definition) is 4. The predicted molar refractivity (Wildman–Crippen MR) is 76.3 cm³/mol. The molecule has 1 fully saturated rings. The van der Waals surface area contributed by atoms with Gasteiger partial charge in [-0.3, -0.25) is 9.59 Å². The zero-order valence-corrected chi connectivity index (χ0v) is 12.7. The summed E-state index contributed by atoms with van der Waals surface area (Å²) in [6, 6.07) is 1.51. The van der Waals surface area contributed by atoms with Crippen LogP contribution < -0.4 is 0 Å². The van der Waals surface area contributed by atoms with Crippen molar-refractivity contribution < 1.29 is 19.4 Å². The molecule has 0 aliphatic carbocycles. The maximum absolute atomic E-state index is 12.5. The molecule has 2 atom stereocenters. The van der Waals surface area contributed by atoms with Crippen LogP contribution in [-0.2, 0) is 16.0 Å². The molecule has 1 aromatic heterocycles. The normalized spacial score (nSPS) is 21.9. The van der Waals surface area contributed by atoms with Crippen molar-refractivity contribution in [2.45, 2.75) is 26.3 Å². The van der Waals surface area contributed by atoms with E-state index >= 15 is 0 Å². The Morgan fingerprint density at radius 1 is 1.50 bits per heavy atom. The van der Waals surface area contributed by atoms with E-state index in [0.717, 1.165) is 11.3 Å². The van der Waals surface area contributed by atoms with Gasteiger partial charge in [-0.2, -0.15) is 0 Å². The number of aliphatic carboxylic acids is 1. The first kappa shape index (κ1) is 15.0. The SMILES string of the molecule is CCc1cc(C(=O)N(C)C2COCC2C(=O)O)sc1C. The zero-order valence-electron chi connectivity index (χ0n) is 11.9. The number of hydrogen-bond donors (Lipinski definition) is 1. The number of likely N-dealkylation sites (N-methyl/N-ethyl adjacent to an activating group) is 1. The number of thiophene rings is 1. The van der Waals surface area contributed by atoms with Gasteiger partial charge in [0, 0.05) is 11.9 Å². The van der Waals surface area contributed by atoms with E-state index in [0.29, 0.717) is 4.88 Å². The lowest BCUT2D eigenvalue weighted by molar-refractivity contribution is -0.142. The summed E-state index contributed by atoms with van der Waals surface area (Å²) in [4.78, 5) is 26.9. The van der Waals surface area contributed by atoms with E-state index in [-0.39, 0.29) is 19.1 Å². The second-order valence-electron chi connectivity index (χ2n) is 5.01. The number of carbonyl (C=O) groups excluding carboxylic acids is 1. The quantitative estimate of drug-likeness (QED) is 0.920. The molecule has 0 radical (unpaired) electrons. The van der Waals surface area contributed by atoms with Gasteiger partial charge in [0.2, 0.25) is 0 Å². The smallest absolute Gasteiger partial charge is 0.311 e. The maximum Gasteiger partial charge on any atom is 0.311 e. The molecule has 0 bridgehead atoms. The van der Waals surface area contributed by atoms with Gasteiger partial charge >= 0.3 is 5.97 Å². The van der Waals surface area contributed by atoms with Crippen LogP contribution >= 0.6 is 11.3 Å². The fourth-order valence-corrected chi connectivity index (χ4v) is 3.56. The highest BCUT2D eigenvalue weighted by molar-refractivity contribution is 7.14. The fourth-order valence-electron chi connectivity index (χ4n) is 2.46. The summed E-state index contributed by atoms with van der Waals surface area (Å²) < 4.78 is 5.22. The van der Waals surface area contributed by atoms with Crippen LogP contribution in [-0.4, -0.2) is 48.2 Å². The average Bonchev–Trinajstić information content (AvgIpc) is 3.03. The summed E-state index contributed by atoms with van der Waals surface area (Å²) in [6.45, 7) is 4.50. The summed E-state index contributed by atoms with van der Waals surface area (Å²) in [5.41, 5.74) is 1.17. The van der Waals surface area contributed by atoms with Crippen molar-refractivity contribution in [3.8, 4) is 0 Å². The molecule has 0 aromatic carbocycles. The van der Waals surface area contributed by atoms with Crippen molar-refractivity contribution in [3.05, 3.63) is 21.4 Å². The Kier molecular flexibility index (Phi) is 4.45. The molecular weight excluding hydrogens is 278 g/mol. The lowest BCUT2D eigenvalue weighted by Crippen LogP contribution is -2.43.